The summed E-state index contributed by atoms with van der Waals surface area (Å²) in [5.74, 6) is 0.831. The molecule has 1 N–H and O–H groups in total. The molecular formula is C13H19NO3S2. The van der Waals surface area contributed by atoms with E-state index in [0.717, 1.165) is 12.2 Å². The molecule has 106 valence electrons. The van der Waals surface area contributed by atoms with Gasteiger partial charge in [0.25, 0.3) is 0 Å². The average molecular weight is 301 g/mol. The van der Waals surface area contributed by atoms with Crippen LogP contribution in [0, 0.1) is 0 Å². The highest BCUT2D eigenvalue weighted by Crippen LogP contribution is 2.12. The largest absolute Gasteiger partial charge is 0.295 e. The number of nitrogens with one attached hydrogen (secondary N) is 1. The molecule has 1 unspecified atom stereocenters. The van der Waals surface area contributed by atoms with Crippen molar-refractivity contribution >= 4 is 27.6 Å². The van der Waals surface area contributed by atoms with E-state index in [1.54, 1.807) is 11.8 Å². The van der Waals surface area contributed by atoms with Gasteiger partial charge < -0.3 is 0 Å². The molecule has 0 heterocycles. The highest BCUT2D eigenvalue weighted by atomic mass is 32.2. The van der Waals surface area contributed by atoms with Crippen molar-refractivity contribution in [2.24, 2.45) is 0 Å². The molecule has 0 saturated heterocycles. The Bertz CT molecular complexity index is 523. The monoisotopic (exact) mass is 301 g/mol. The van der Waals surface area contributed by atoms with Gasteiger partial charge in [-0.05, 0) is 44.4 Å². The normalized spacial score (nSPS) is 13.2. The summed E-state index contributed by atoms with van der Waals surface area (Å²) in [6, 6.07) is 5.87. The molecule has 0 radical (unpaired) electrons. The molecule has 0 aromatic heterocycles. The summed E-state index contributed by atoms with van der Waals surface area (Å²) >= 11 is 1.68. The first-order chi connectivity index (χ1) is 8.86. The summed E-state index contributed by atoms with van der Waals surface area (Å²) in [6.45, 7) is 3.30. The number of carbonyl (C=O) groups is 1. The predicted molar refractivity (Wildman–Crippen MR) is 79.2 cm³/mol. The van der Waals surface area contributed by atoms with Gasteiger partial charge in [0.2, 0.25) is 10.0 Å². The van der Waals surface area contributed by atoms with Crippen LogP contribution in [0.1, 0.15) is 30.6 Å². The number of sulfonamides is 1. The summed E-state index contributed by atoms with van der Waals surface area (Å²) in [7, 11) is -3.50. The van der Waals surface area contributed by atoms with Gasteiger partial charge in [-0.2, -0.15) is 11.8 Å². The van der Waals surface area contributed by atoms with Gasteiger partial charge in [-0.3, -0.25) is 4.79 Å². The third-order valence-electron chi connectivity index (χ3n) is 2.68. The molecule has 1 aromatic rings. The molecule has 0 fully saturated rings. The third-order valence-corrected chi connectivity index (χ3v) is 4.93. The highest BCUT2D eigenvalue weighted by Gasteiger charge is 2.17. The van der Waals surface area contributed by atoms with Crippen LogP contribution in [0.5, 0.6) is 0 Å². The van der Waals surface area contributed by atoms with E-state index in [-0.39, 0.29) is 16.7 Å². The summed E-state index contributed by atoms with van der Waals surface area (Å²) in [5, 5.41) is 0. The lowest BCUT2D eigenvalue weighted by Gasteiger charge is -2.13. The van der Waals surface area contributed by atoms with E-state index in [9.17, 15) is 13.2 Å². The Hall–Kier alpha value is -0.850. The van der Waals surface area contributed by atoms with Crippen LogP contribution in [0.25, 0.3) is 0 Å². The van der Waals surface area contributed by atoms with Gasteiger partial charge in [0.05, 0.1) is 4.90 Å². The Labute approximate surface area is 119 Å². The van der Waals surface area contributed by atoms with Crippen molar-refractivity contribution in [2.45, 2.75) is 31.2 Å². The second kappa shape index (κ2) is 7.07. The molecule has 0 spiro atoms. The zero-order valence-corrected chi connectivity index (χ0v) is 13.0. The first kappa shape index (κ1) is 16.2. The maximum atomic E-state index is 12.1. The molecule has 19 heavy (non-hydrogen) atoms. The van der Waals surface area contributed by atoms with E-state index >= 15 is 0 Å². The van der Waals surface area contributed by atoms with Crippen LogP contribution in [0.2, 0.25) is 0 Å². The van der Waals surface area contributed by atoms with Crippen LogP contribution in [-0.4, -0.2) is 32.3 Å². The Balaban J connectivity index is 2.79. The van der Waals surface area contributed by atoms with Gasteiger partial charge in [0.1, 0.15) is 0 Å². The van der Waals surface area contributed by atoms with E-state index in [4.69, 9.17) is 0 Å². The minimum atomic E-state index is -3.50. The van der Waals surface area contributed by atoms with E-state index in [1.807, 2.05) is 13.2 Å². The lowest BCUT2D eigenvalue weighted by molar-refractivity contribution is 0.101. The minimum absolute atomic E-state index is 0.0785. The Morgan fingerprint density at radius 1 is 1.32 bits per heavy atom. The number of rotatable bonds is 7. The quantitative estimate of drug-likeness (QED) is 0.785. The maximum absolute atomic E-state index is 12.1. The molecule has 0 amide bonds. The standard InChI is InChI=1S/C13H19NO3S2/c1-10(8-9-18-3)14-19(16,17)13-6-4-12(5-7-13)11(2)15/h4-7,10,14H,8-9H2,1-3H3. The number of carbonyl (C=O) groups excluding carboxylic acids is 1. The molecule has 0 bridgehead atoms. The summed E-state index contributed by atoms with van der Waals surface area (Å²) in [5.41, 5.74) is 0.509. The number of Topliss-reactive ketones (excluding diaryl/α,β-unsaturated/α-hetero) is 1. The second-order valence-electron chi connectivity index (χ2n) is 4.38. The number of ketones is 1. The molecule has 1 aromatic carbocycles. The van der Waals surface area contributed by atoms with E-state index in [1.165, 1.54) is 31.2 Å². The van der Waals surface area contributed by atoms with Crippen LogP contribution in [0.4, 0.5) is 0 Å². The smallest absolute Gasteiger partial charge is 0.240 e. The van der Waals surface area contributed by atoms with Gasteiger partial charge >= 0.3 is 0 Å². The molecular weight excluding hydrogens is 282 g/mol. The van der Waals surface area contributed by atoms with Gasteiger partial charge in [0, 0.05) is 11.6 Å². The molecule has 0 saturated carbocycles. The van der Waals surface area contributed by atoms with Gasteiger partial charge in [0.15, 0.2) is 5.78 Å². The van der Waals surface area contributed by atoms with Crippen molar-refractivity contribution in [1.29, 1.82) is 0 Å². The maximum Gasteiger partial charge on any atom is 0.240 e. The Kier molecular flexibility index (Phi) is 6.03. The Morgan fingerprint density at radius 3 is 2.37 bits per heavy atom. The summed E-state index contributed by atoms with van der Waals surface area (Å²) in [6.07, 6.45) is 2.77. The molecule has 6 heteroatoms. The fourth-order valence-corrected chi connectivity index (χ4v) is 3.42. The zero-order chi connectivity index (χ0) is 14.5. The third kappa shape index (κ3) is 4.97. The minimum Gasteiger partial charge on any atom is -0.295 e. The lowest BCUT2D eigenvalue weighted by Crippen LogP contribution is -2.33. The van der Waals surface area contributed by atoms with Crippen molar-refractivity contribution in [3.8, 4) is 0 Å². The van der Waals surface area contributed by atoms with E-state index < -0.39 is 10.0 Å². The van der Waals surface area contributed by atoms with Crippen LogP contribution in [0.15, 0.2) is 29.2 Å². The topological polar surface area (TPSA) is 63.2 Å². The van der Waals surface area contributed by atoms with Crippen LogP contribution in [0.3, 0.4) is 0 Å². The van der Waals surface area contributed by atoms with Crippen LogP contribution in [-0.2, 0) is 10.0 Å². The summed E-state index contributed by atoms with van der Waals surface area (Å²) < 4.78 is 26.8. The van der Waals surface area contributed by atoms with Crippen molar-refractivity contribution in [2.75, 3.05) is 12.0 Å². The van der Waals surface area contributed by atoms with Crippen molar-refractivity contribution in [3.63, 3.8) is 0 Å². The van der Waals surface area contributed by atoms with Gasteiger partial charge in [-0.25, -0.2) is 13.1 Å². The Morgan fingerprint density at radius 2 is 1.89 bits per heavy atom. The first-order valence-corrected chi connectivity index (χ1v) is 8.87. The first-order valence-electron chi connectivity index (χ1n) is 5.99. The van der Waals surface area contributed by atoms with E-state index in [2.05, 4.69) is 4.72 Å². The van der Waals surface area contributed by atoms with Crippen LogP contribution < -0.4 is 4.72 Å². The number of hydrogen-bond acceptors (Lipinski definition) is 4. The van der Waals surface area contributed by atoms with Crippen LogP contribution >= 0.6 is 11.8 Å². The van der Waals surface area contributed by atoms with Crippen molar-refractivity contribution < 1.29 is 13.2 Å². The lowest BCUT2D eigenvalue weighted by atomic mass is 10.2. The fourth-order valence-electron chi connectivity index (χ4n) is 1.56. The second-order valence-corrected chi connectivity index (χ2v) is 7.08. The predicted octanol–water partition coefficient (Wildman–Crippen LogP) is 2.31. The van der Waals surface area contributed by atoms with Gasteiger partial charge in [-0.15, -0.1) is 0 Å². The van der Waals surface area contributed by atoms with E-state index in [0.29, 0.717) is 5.56 Å². The molecule has 1 atom stereocenters. The van der Waals surface area contributed by atoms with Crippen molar-refractivity contribution in [3.05, 3.63) is 29.8 Å². The SMILES string of the molecule is CSCCC(C)NS(=O)(=O)c1ccc(C(C)=O)cc1. The van der Waals surface area contributed by atoms with Gasteiger partial charge in [-0.1, -0.05) is 12.1 Å². The molecule has 0 aliphatic heterocycles. The molecule has 4 nitrogen and oxygen atoms in total. The molecule has 1 rings (SSSR count). The zero-order valence-electron chi connectivity index (χ0n) is 11.3. The molecule has 0 aliphatic rings. The molecule has 0 aliphatic carbocycles. The fraction of sp³-hybridized carbons (Fsp3) is 0.462. The summed E-state index contributed by atoms with van der Waals surface area (Å²) in [4.78, 5) is 11.3. The number of benzene rings is 1. The average Bonchev–Trinajstić information content (AvgIpc) is 2.36. The van der Waals surface area contributed by atoms with Crippen molar-refractivity contribution in [1.82, 2.24) is 4.72 Å². The number of hydrogen-bond donors (Lipinski definition) is 1. The number of thioether (sulfide) groups is 1. The highest BCUT2D eigenvalue weighted by molar-refractivity contribution is 7.98.